The third-order valence-corrected chi connectivity index (χ3v) is 10.0. The number of benzene rings is 1. The Balaban J connectivity index is 1.56. The summed E-state index contributed by atoms with van der Waals surface area (Å²) >= 11 is 2.45. The van der Waals surface area contributed by atoms with Gasteiger partial charge in [0, 0.05) is 32.6 Å². The van der Waals surface area contributed by atoms with Crippen LogP contribution < -0.4 is 5.69 Å². The molecule has 2 amide bonds. The lowest BCUT2D eigenvalue weighted by Gasteiger charge is -2.34. The number of carbonyl (C=O) groups is 2. The number of likely N-dealkylation sites (tertiary alicyclic amines) is 1. The number of imidazole rings is 1. The number of ether oxygens (including phenoxy) is 1. The van der Waals surface area contributed by atoms with E-state index in [1.54, 1.807) is 16.2 Å². The Morgan fingerprint density at radius 2 is 1.85 bits per heavy atom. The van der Waals surface area contributed by atoms with E-state index in [1.807, 2.05) is 6.07 Å². The number of fused-ring (bicyclic) bond motifs is 1. The maximum atomic E-state index is 13.3. The van der Waals surface area contributed by atoms with Crippen molar-refractivity contribution < 1.29 is 14.3 Å². The summed E-state index contributed by atoms with van der Waals surface area (Å²) in [4.78, 5) is 40.2. The van der Waals surface area contributed by atoms with Crippen LogP contribution in [0.2, 0.25) is 25.7 Å². The number of aryl methyl sites for hydroxylation is 1. The summed E-state index contributed by atoms with van der Waals surface area (Å²) < 4.78 is 10.1. The fraction of sp³-hybridized carbons (Fsp3) is 0.625. The molecule has 1 aromatic carbocycles. The first-order chi connectivity index (χ1) is 15.6. The number of imide groups is 1. The molecule has 2 heterocycles. The van der Waals surface area contributed by atoms with Gasteiger partial charge in [-0.1, -0.05) is 48.3 Å². The highest BCUT2D eigenvalue weighted by molar-refractivity contribution is 14.1. The number of aromatic nitrogens is 2. The zero-order valence-electron chi connectivity index (χ0n) is 20.0. The molecule has 2 fully saturated rings. The van der Waals surface area contributed by atoms with Crippen LogP contribution in [-0.4, -0.2) is 51.7 Å². The number of rotatable bonds is 8. The highest BCUT2D eigenvalue weighted by atomic mass is 127. The number of carbonyl (C=O) groups excluding carboxylic acids is 2. The Hall–Kier alpha value is -1.46. The Morgan fingerprint density at radius 1 is 1.12 bits per heavy atom. The van der Waals surface area contributed by atoms with Gasteiger partial charge in [0.15, 0.2) is 0 Å². The lowest BCUT2D eigenvalue weighted by Crippen LogP contribution is -2.48. The predicted molar refractivity (Wildman–Crippen MR) is 141 cm³/mol. The standard InChI is InChI=1S/C24H34IN3O4Si/c1-26-21-13-17(18-11-16(12-18)14-25)5-6-19(21)28(24(26)31)20-7-8-22(29)27(23(20)30)15-32-9-10-33(2,3)4/h5-6,13,16,18,20H,7-12,14-15H2,1-4H3/t16?,18?,20-/m0/s1. The second-order valence-electron chi connectivity index (χ2n) is 10.7. The van der Waals surface area contributed by atoms with Gasteiger partial charge in [-0.25, -0.2) is 4.79 Å². The maximum absolute atomic E-state index is 13.3. The summed E-state index contributed by atoms with van der Waals surface area (Å²) in [6.45, 7) is 7.27. The summed E-state index contributed by atoms with van der Waals surface area (Å²) in [5.74, 6) is 0.762. The van der Waals surface area contributed by atoms with Gasteiger partial charge in [0.25, 0.3) is 5.91 Å². The topological polar surface area (TPSA) is 73.5 Å². The molecule has 4 rings (SSSR count). The molecule has 1 aliphatic carbocycles. The maximum Gasteiger partial charge on any atom is 0.329 e. The van der Waals surface area contributed by atoms with Crippen LogP contribution in [0.3, 0.4) is 0 Å². The highest BCUT2D eigenvalue weighted by Crippen LogP contribution is 2.43. The van der Waals surface area contributed by atoms with Gasteiger partial charge in [0.1, 0.15) is 12.8 Å². The van der Waals surface area contributed by atoms with Gasteiger partial charge in [0.2, 0.25) is 5.91 Å². The molecule has 0 radical (unpaired) electrons. The van der Waals surface area contributed by atoms with Crippen LogP contribution in [0.5, 0.6) is 0 Å². The van der Waals surface area contributed by atoms with Gasteiger partial charge in [-0.15, -0.1) is 0 Å². The van der Waals surface area contributed by atoms with E-state index >= 15 is 0 Å². The first-order valence-corrected chi connectivity index (χ1v) is 17.0. The second-order valence-corrected chi connectivity index (χ2v) is 17.2. The first kappa shape index (κ1) is 24.7. The molecule has 1 saturated carbocycles. The Labute approximate surface area is 209 Å². The molecule has 1 aromatic heterocycles. The van der Waals surface area contributed by atoms with Gasteiger partial charge >= 0.3 is 5.69 Å². The van der Waals surface area contributed by atoms with Gasteiger partial charge in [0.05, 0.1) is 11.0 Å². The van der Waals surface area contributed by atoms with Crippen LogP contribution in [0.15, 0.2) is 23.0 Å². The zero-order valence-corrected chi connectivity index (χ0v) is 23.1. The van der Waals surface area contributed by atoms with Crippen molar-refractivity contribution in [3.05, 3.63) is 34.2 Å². The van der Waals surface area contributed by atoms with Crippen LogP contribution in [-0.2, 0) is 21.4 Å². The fourth-order valence-corrected chi connectivity index (χ4v) is 6.28. The van der Waals surface area contributed by atoms with Crippen LogP contribution >= 0.6 is 22.6 Å². The van der Waals surface area contributed by atoms with Gasteiger partial charge in [-0.3, -0.25) is 23.6 Å². The summed E-state index contributed by atoms with van der Waals surface area (Å²) in [5.41, 5.74) is 2.65. The third-order valence-electron chi connectivity index (χ3n) is 7.05. The van der Waals surface area contributed by atoms with Crippen molar-refractivity contribution >= 4 is 53.5 Å². The Morgan fingerprint density at radius 3 is 2.52 bits per heavy atom. The number of hydrogen-bond acceptors (Lipinski definition) is 4. The lowest BCUT2D eigenvalue weighted by molar-refractivity contribution is -0.157. The fourth-order valence-electron chi connectivity index (χ4n) is 4.80. The van der Waals surface area contributed by atoms with Crippen LogP contribution in [0.1, 0.15) is 43.2 Å². The molecule has 0 N–H and O–H groups in total. The molecule has 7 nitrogen and oxygen atoms in total. The van der Waals surface area contributed by atoms with Gasteiger partial charge in [-0.2, -0.15) is 0 Å². The van der Waals surface area contributed by atoms with E-state index in [1.165, 1.54) is 27.7 Å². The quantitative estimate of drug-likeness (QED) is 0.153. The Kier molecular flexibility index (Phi) is 7.21. The molecular formula is C24H34IN3O4Si. The van der Waals surface area contributed by atoms with E-state index in [0.717, 1.165) is 23.0 Å². The highest BCUT2D eigenvalue weighted by Gasteiger charge is 2.38. The van der Waals surface area contributed by atoms with Crippen LogP contribution in [0.25, 0.3) is 11.0 Å². The monoisotopic (exact) mass is 583 g/mol. The molecule has 9 heteroatoms. The smallest absolute Gasteiger partial charge is 0.329 e. The van der Waals surface area contributed by atoms with Crippen molar-refractivity contribution in [2.45, 2.75) is 63.3 Å². The molecule has 0 spiro atoms. The van der Waals surface area contributed by atoms with E-state index in [2.05, 4.69) is 54.4 Å². The zero-order chi connectivity index (χ0) is 23.9. The van der Waals surface area contributed by atoms with E-state index in [9.17, 15) is 14.4 Å². The van der Waals surface area contributed by atoms with Crippen molar-refractivity contribution in [1.29, 1.82) is 0 Å². The van der Waals surface area contributed by atoms with Crippen molar-refractivity contribution in [2.24, 2.45) is 13.0 Å². The van der Waals surface area contributed by atoms with Crippen molar-refractivity contribution in [1.82, 2.24) is 14.0 Å². The number of piperidine rings is 1. The number of hydrogen-bond donors (Lipinski definition) is 0. The normalized spacial score (nSPS) is 23.9. The number of nitrogens with zero attached hydrogens (tertiary/aromatic N) is 3. The summed E-state index contributed by atoms with van der Waals surface area (Å²) in [6.07, 6.45) is 2.95. The third kappa shape index (κ3) is 5.00. The Bertz CT molecular complexity index is 1110. The molecule has 180 valence electrons. The minimum absolute atomic E-state index is 0.0397. The molecule has 1 atom stereocenters. The summed E-state index contributed by atoms with van der Waals surface area (Å²) in [7, 11) is 0.500. The molecular weight excluding hydrogens is 549 g/mol. The van der Waals surface area contributed by atoms with Gasteiger partial charge < -0.3 is 4.74 Å². The van der Waals surface area contributed by atoms with Crippen LogP contribution in [0, 0.1) is 5.92 Å². The van der Waals surface area contributed by atoms with Crippen LogP contribution in [0.4, 0.5) is 0 Å². The average Bonchev–Trinajstić information content (AvgIpc) is 2.96. The predicted octanol–water partition coefficient (Wildman–Crippen LogP) is 4.27. The molecule has 2 aliphatic rings. The van der Waals surface area contributed by atoms with E-state index in [4.69, 9.17) is 4.74 Å². The van der Waals surface area contributed by atoms with E-state index in [-0.39, 0.29) is 30.7 Å². The van der Waals surface area contributed by atoms with Crippen molar-refractivity contribution in [3.8, 4) is 0 Å². The molecule has 1 saturated heterocycles. The molecule has 0 bridgehead atoms. The lowest BCUT2D eigenvalue weighted by atomic mass is 9.72. The van der Waals surface area contributed by atoms with Gasteiger partial charge in [-0.05, 0) is 54.8 Å². The SMILES string of the molecule is Cn1c(=O)n([C@H]2CCC(=O)N(COCC[Si](C)(C)C)C2=O)c2ccc(C3CC(CI)C3)cc21. The summed E-state index contributed by atoms with van der Waals surface area (Å²) in [6, 6.07) is 6.47. The summed E-state index contributed by atoms with van der Waals surface area (Å²) in [5, 5.41) is 0. The number of halogens is 1. The molecule has 1 aliphatic heterocycles. The van der Waals surface area contributed by atoms with E-state index < -0.39 is 14.1 Å². The van der Waals surface area contributed by atoms with E-state index in [0.29, 0.717) is 18.9 Å². The minimum atomic E-state index is -1.26. The first-order valence-electron chi connectivity index (χ1n) is 11.8. The second kappa shape index (κ2) is 9.65. The molecule has 33 heavy (non-hydrogen) atoms. The average molecular weight is 584 g/mol. The largest absolute Gasteiger partial charge is 0.361 e. The number of amides is 2. The number of alkyl halides is 1. The van der Waals surface area contributed by atoms with Crippen molar-refractivity contribution in [2.75, 3.05) is 17.8 Å². The molecule has 2 aromatic rings. The minimum Gasteiger partial charge on any atom is -0.361 e. The molecule has 0 unspecified atom stereocenters. The van der Waals surface area contributed by atoms with Crippen molar-refractivity contribution in [3.63, 3.8) is 0 Å².